The van der Waals surface area contributed by atoms with Crippen molar-refractivity contribution in [3.8, 4) is 22.6 Å². The molecule has 0 radical (unpaired) electrons. The van der Waals surface area contributed by atoms with Crippen molar-refractivity contribution in [3.63, 3.8) is 0 Å². The molecule has 1 saturated carbocycles. The van der Waals surface area contributed by atoms with Crippen molar-refractivity contribution in [2.75, 3.05) is 16.4 Å². The summed E-state index contributed by atoms with van der Waals surface area (Å²) in [5, 5.41) is 10.2. The predicted octanol–water partition coefficient (Wildman–Crippen LogP) is 4.29. The number of aromatic amines is 1. The monoisotopic (exact) mass is 523 g/mol. The van der Waals surface area contributed by atoms with Gasteiger partial charge in [-0.25, -0.2) is 37.6 Å². The minimum Gasteiger partial charge on any atom is -0.464 e. The van der Waals surface area contributed by atoms with Crippen LogP contribution < -0.4 is 10.1 Å². The molecule has 35 heavy (non-hydrogen) atoms. The van der Waals surface area contributed by atoms with E-state index in [2.05, 4.69) is 30.1 Å². The Morgan fingerprint density at radius 2 is 2.00 bits per heavy atom. The fraction of sp³-hybridized carbons (Fsp3) is 0.333. The molecule has 3 aromatic rings. The van der Waals surface area contributed by atoms with Crippen molar-refractivity contribution in [3.05, 3.63) is 41.1 Å². The molecule has 4 N–H and O–H groups in total. The SMILES string of the molecule is CC(C)N(Nc1nccc(-c2[nH]c(C3CC3)nc2-c2c(F)ccc(NS(C)(=O)=O)c2Cl)n1)C(=O)O. The number of rotatable bonds is 8. The second kappa shape index (κ2) is 9.30. The number of carbonyl (C=O) groups is 1. The van der Waals surface area contributed by atoms with Crippen molar-refractivity contribution < 1.29 is 22.7 Å². The van der Waals surface area contributed by atoms with Gasteiger partial charge in [-0.15, -0.1) is 0 Å². The molecule has 2 aromatic heterocycles. The summed E-state index contributed by atoms with van der Waals surface area (Å²) >= 11 is 6.45. The first-order valence-corrected chi connectivity index (χ1v) is 12.9. The van der Waals surface area contributed by atoms with Gasteiger partial charge in [0.25, 0.3) is 0 Å². The average Bonchev–Trinajstić information content (AvgIpc) is 3.53. The topological polar surface area (TPSA) is 153 Å². The van der Waals surface area contributed by atoms with Gasteiger partial charge >= 0.3 is 6.09 Å². The van der Waals surface area contributed by atoms with E-state index in [1.165, 1.54) is 12.3 Å². The van der Waals surface area contributed by atoms with Gasteiger partial charge in [0.2, 0.25) is 16.0 Å². The molecule has 0 saturated heterocycles. The number of aromatic nitrogens is 4. The average molecular weight is 524 g/mol. The van der Waals surface area contributed by atoms with Crippen LogP contribution in [0.2, 0.25) is 5.02 Å². The Kier molecular flexibility index (Phi) is 6.56. The Labute approximate surface area is 205 Å². The van der Waals surface area contributed by atoms with Crippen LogP contribution in [0.1, 0.15) is 38.4 Å². The fourth-order valence-electron chi connectivity index (χ4n) is 3.41. The van der Waals surface area contributed by atoms with Gasteiger partial charge in [0.05, 0.1) is 40.0 Å². The standard InChI is InChI=1S/C21H23ClFN7O4S/c1-10(2)30(21(31)32)28-20-24-9-8-14(25-20)17-18(27-19(26-17)11-4-5-11)15-12(23)6-7-13(16(15)22)29-35(3,33)34/h6-11,29H,4-5H2,1-3H3,(H,26,27)(H,31,32)(H,24,25,28). The van der Waals surface area contributed by atoms with Crippen LogP contribution in [-0.2, 0) is 10.0 Å². The number of hydrazine groups is 1. The molecule has 1 fully saturated rings. The molecule has 2 heterocycles. The van der Waals surface area contributed by atoms with Crippen molar-refractivity contribution in [2.45, 2.75) is 38.6 Å². The van der Waals surface area contributed by atoms with E-state index in [1.807, 2.05) is 0 Å². The summed E-state index contributed by atoms with van der Waals surface area (Å²) in [5.74, 6) is 0.0959. The maximum atomic E-state index is 15.1. The molecule has 11 nitrogen and oxygen atoms in total. The summed E-state index contributed by atoms with van der Waals surface area (Å²) in [6.07, 6.45) is 3.00. The Balaban J connectivity index is 1.83. The number of imidazole rings is 1. The summed E-state index contributed by atoms with van der Waals surface area (Å²) in [5.41, 5.74) is 3.35. The molecule has 0 atom stereocenters. The summed E-state index contributed by atoms with van der Waals surface area (Å²) in [4.78, 5) is 27.8. The Morgan fingerprint density at radius 1 is 1.29 bits per heavy atom. The maximum absolute atomic E-state index is 15.1. The lowest BCUT2D eigenvalue weighted by Crippen LogP contribution is -2.41. The number of benzene rings is 1. The van der Waals surface area contributed by atoms with Gasteiger partial charge in [-0.2, -0.15) is 0 Å². The van der Waals surface area contributed by atoms with E-state index >= 15 is 4.39 Å². The van der Waals surface area contributed by atoms with Crippen LogP contribution in [0.25, 0.3) is 22.6 Å². The lowest BCUT2D eigenvalue weighted by atomic mass is 10.1. The number of hydrogen-bond donors (Lipinski definition) is 4. The molecule has 1 amide bonds. The Morgan fingerprint density at radius 3 is 2.60 bits per heavy atom. The second-order valence-corrected chi connectivity index (χ2v) is 10.5. The highest BCUT2D eigenvalue weighted by atomic mass is 35.5. The molecular formula is C21H23ClFN7O4S. The van der Waals surface area contributed by atoms with E-state index in [0.29, 0.717) is 17.2 Å². The van der Waals surface area contributed by atoms with Gasteiger partial charge < -0.3 is 10.1 Å². The first kappa shape index (κ1) is 24.7. The molecule has 4 rings (SSSR count). The van der Waals surface area contributed by atoms with Crippen LogP contribution in [0, 0.1) is 5.82 Å². The van der Waals surface area contributed by atoms with Crippen molar-refractivity contribution >= 4 is 39.4 Å². The molecular weight excluding hydrogens is 501 g/mol. The molecule has 14 heteroatoms. The predicted molar refractivity (Wildman–Crippen MR) is 129 cm³/mol. The van der Waals surface area contributed by atoms with E-state index < -0.39 is 28.0 Å². The third-order valence-corrected chi connectivity index (χ3v) is 6.15. The first-order chi connectivity index (χ1) is 16.4. The van der Waals surface area contributed by atoms with Gasteiger partial charge in [0.1, 0.15) is 17.3 Å². The number of sulfonamides is 1. The lowest BCUT2D eigenvalue weighted by molar-refractivity contribution is 0.144. The molecule has 0 aliphatic heterocycles. The highest BCUT2D eigenvalue weighted by Gasteiger charge is 2.31. The van der Waals surface area contributed by atoms with E-state index in [-0.39, 0.29) is 33.8 Å². The van der Waals surface area contributed by atoms with Gasteiger partial charge in [0.15, 0.2) is 0 Å². The minimum absolute atomic E-state index is 0.00573. The number of nitrogens with one attached hydrogen (secondary N) is 3. The van der Waals surface area contributed by atoms with Crippen LogP contribution >= 0.6 is 11.6 Å². The van der Waals surface area contributed by atoms with Crippen molar-refractivity contribution in [1.29, 1.82) is 0 Å². The summed E-state index contributed by atoms with van der Waals surface area (Å²) in [6.45, 7) is 3.37. The van der Waals surface area contributed by atoms with Gasteiger partial charge in [-0.1, -0.05) is 11.6 Å². The number of anilines is 2. The highest BCUT2D eigenvalue weighted by Crippen LogP contribution is 2.44. The quantitative estimate of drug-likeness (QED) is 0.319. The zero-order chi connectivity index (χ0) is 25.5. The third-order valence-electron chi connectivity index (χ3n) is 5.16. The van der Waals surface area contributed by atoms with Crippen LogP contribution in [0.15, 0.2) is 24.4 Å². The van der Waals surface area contributed by atoms with Crippen LogP contribution in [0.5, 0.6) is 0 Å². The van der Waals surface area contributed by atoms with E-state index in [0.717, 1.165) is 30.2 Å². The summed E-state index contributed by atoms with van der Waals surface area (Å²) in [6, 6.07) is 3.49. The fourth-order valence-corrected chi connectivity index (χ4v) is 4.33. The van der Waals surface area contributed by atoms with Gasteiger partial charge in [0, 0.05) is 12.1 Å². The smallest absolute Gasteiger partial charge is 0.426 e. The molecule has 0 bridgehead atoms. The number of amides is 1. The molecule has 1 aliphatic rings. The number of halogens is 2. The number of carboxylic acid groups (broad SMARTS) is 1. The summed E-state index contributed by atoms with van der Waals surface area (Å²) in [7, 11) is -3.67. The van der Waals surface area contributed by atoms with Crippen LogP contribution in [0.3, 0.4) is 0 Å². The van der Waals surface area contributed by atoms with Crippen LogP contribution in [0.4, 0.5) is 20.8 Å². The van der Waals surface area contributed by atoms with Gasteiger partial charge in [-0.3, -0.25) is 10.1 Å². The minimum atomic E-state index is -3.67. The van der Waals surface area contributed by atoms with Crippen molar-refractivity contribution in [2.24, 2.45) is 0 Å². The second-order valence-electron chi connectivity index (χ2n) is 8.40. The molecule has 0 spiro atoms. The molecule has 186 valence electrons. The van der Waals surface area contributed by atoms with E-state index in [1.54, 1.807) is 19.9 Å². The molecule has 0 unspecified atom stereocenters. The zero-order valence-electron chi connectivity index (χ0n) is 19.0. The molecule has 1 aliphatic carbocycles. The number of H-pyrrole nitrogens is 1. The lowest BCUT2D eigenvalue weighted by Gasteiger charge is -2.23. The maximum Gasteiger partial charge on any atom is 0.426 e. The number of nitrogens with zero attached hydrogens (tertiary/aromatic N) is 4. The van der Waals surface area contributed by atoms with Crippen molar-refractivity contribution in [1.82, 2.24) is 24.9 Å². The largest absolute Gasteiger partial charge is 0.464 e. The van der Waals surface area contributed by atoms with E-state index in [9.17, 15) is 18.3 Å². The Hall–Kier alpha value is -3.45. The normalized spacial score (nSPS) is 13.7. The zero-order valence-corrected chi connectivity index (χ0v) is 20.6. The first-order valence-electron chi connectivity index (χ1n) is 10.6. The molecule has 1 aromatic carbocycles. The van der Waals surface area contributed by atoms with Crippen LogP contribution in [-0.4, -0.2) is 56.9 Å². The third kappa shape index (κ3) is 5.46. The Bertz CT molecular complexity index is 1390. The number of hydrogen-bond acceptors (Lipinski definition) is 7. The van der Waals surface area contributed by atoms with Gasteiger partial charge in [-0.05, 0) is 44.9 Å². The summed E-state index contributed by atoms with van der Waals surface area (Å²) < 4.78 is 40.8. The van der Waals surface area contributed by atoms with E-state index in [4.69, 9.17) is 11.6 Å². The highest BCUT2D eigenvalue weighted by molar-refractivity contribution is 7.92.